The van der Waals surface area contributed by atoms with Gasteiger partial charge in [0.25, 0.3) is 5.91 Å². The molecule has 41 heavy (non-hydrogen) atoms. The first-order chi connectivity index (χ1) is 19.3. The molecule has 2 amide bonds. The van der Waals surface area contributed by atoms with Crippen molar-refractivity contribution in [3.05, 3.63) is 65.0 Å². The Kier molecular flexibility index (Phi) is 7.68. The number of sulfonamides is 1. The third-order valence-electron chi connectivity index (χ3n) is 7.64. The van der Waals surface area contributed by atoms with Gasteiger partial charge in [0, 0.05) is 57.2 Å². The van der Waals surface area contributed by atoms with E-state index >= 15 is 0 Å². The van der Waals surface area contributed by atoms with Crippen LogP contribution in [-0.4, -0.2) is 74.2 Å². The normalized spacial score (nSPS) is 17.9. The van der Waals surface area contributed by atoms with Crippen LogP contribution in [-0.2, 0) is 41.4 Å². The Morgan fingerprint density at radius 1 is 1.15 bits per heavy atom. The quantitative estimate of drug-likeness (QED) is 0.472. The van der Waals surface area contributed by atoms with Crippen LogP contribution >= 0.6 is 0 Å². The number of carbonyl (C=O) groups is 2. The number of nitrogens with one attached hydrogen (secondary N) is 1. The highest BCUT2D eigenvalue weighted by Gasteiger charge is 2.34. The molecule has 0 bridgehead atoms. The minimum atomic E-state index is -3.82. The van der Waals surface area contributed by atoms with Gasteiger partial charge in [-0.2, -0.15) is 9.40 Å². The van der Waals surface area contributed by atoms with Gasteiger partial charge in [0.15, 0.2) is 0 Å². The van der Waals surface area contributed by atoms with Gasteiger partial charge in [-0.1, -0.05) is 6.07 Å². The van der Waals surface area contributed by atoms with E-state index in [9.17, 15) is 18.0 Å². The number of aromatic nitrogens is 4. The number of nitrogens with zero attached hydrogens (tertiary/aromatic N) is 6. The first kappa shape index (κ1) is 28.8. The molecule has 5 rings (SSSR count). The molecule has 13 heteroatoms. The van der Waals surface area contributed by atoms with Gasteiger partial charge in [0.05, 0.1) is 24.5 Å². The zero-order valence-electron chi connectivity index (χ0n) is 24.1. The number of likely N-dealkylation sites (tertiary alicyclic amines) is 1. The number of amides is 2. The molecule has 0 radical (unpaired) electrons. The van der Waals surface area contributed by atoms with Gasteiger partial charge in [0.2, 0.25) is 10.0 Å². The molecule has 0 spiro atoms. The molecular formula is C28H37N7O5S. The Balaban J connectivity index is 1.28. The Morgan fingerprint density at radius 3 is 2.68 bits per heavy atom. The zero-order chi connectivity index (χ0) is 29.5. The third kappa shape index (κ3) is 5.87. The van der Waals surface area contributed by atoms with E-state index < -0.39 is 15.6 Å². The Labute approximate surface area is 240 Å². The van der Waals surface area contributed by atoms with Crippen molar-refractivity contribution in [3.8, 4) is 0 Å². The van der Waals surface area contributed by atoms with Gasteiger partial charge in [-0.05, 0) is 57.9 Å². The van der Waals surface area contributed by atoms with E-state index in [1.807, 2.05) is 39.0 Å². The maximum atomic E-state index is 13.6. The molecule has 1 unspecified atom stereocenters. The van der Waals surface area contributed by atoms with E-state index in [0.29, 0.717) is 31.9 Å². The number of pyridine rings is 1. The summed E-state index contributed by atoms with van der Waals surface area (Å²) in [7, 11) is -2.13. The van der Waals surface area contributed by atoms with Crippen LogP contribution in [0.25, 0.3) is 0 Å². The molecule has 3 aromatic rings. The standard InChI is InChI=1S/C28H37N7O5S/c1-19-24(41(38,39)34-13-14-35-22(18-34)8-11-31-35)15-23(32(19)5)26(36)30-16-20-7-6-10-29-25(20)21-9-12-33(17-21)27(37)40-28(2,3)4/h6-8,10-11,15,21H,9,12-14,16-18H2,1-5H3,(H,30,36). The topological polar surface area (TPSA) is 132 Å². The first-order valence-corrected chi connectivity index (χ1v) is 15.2. The summed E-state index contributed by atoms with van der Waals surface area (Å²) in [5.41, 5.74) is 2.68. The zero-order valence-corrected chi connectivity index (χ0v) is 24.9. The van der Waals surface area contributed by atoms with Gasteiger partial charge in [-0.25, -0.2) is 13.2 Å². The predicted octanol–water partition coefficient (Wildman–Crippen LogP) is 2.78. The molecule has 1 atom stereocenters. The Hall–Kier alpha value is -3.71. The SMILES string of the molecule is Cc1c(S(=O)(=O)N2CCn3nccc3C2)cc(C(=O)NCc2cccnc2C2CCN(C(=O)OC(C)(C)C)C2)n1C. The van der Waals surface area contributed by atoms with Crippen LogP contribution in [0, 0.1) is 6.92 Å². The smallest absolute Gasteiger partial charge is 0.410 e. The molecule has 0 aliphatic carbocycles. The highest BCUT2D eigenvalue weighted by atomic mass is 32.2. The van der Waals surface area contributed by atoms with Gasteiger partial charge >= 0.3 is 6.09 Å². The second-order valence-corrected chi connectivity index (χ2v) is 13.5. The van der Waals surface area contributed by atoms with E-state index in [0.717, 1.165) is 23.4 Å². The van der Waals surface area contributed by atoms with Crippen LogP contribution in [0.5, 0.6) is 0 Å². The van der Waals surface area contributed by atoms with Gasteiger partial charge < -0.3 is 19.5 Å². The van der Waals surface area contributed by atoms with Crippen molar-refractivity contribution in [3.63, 3.8) is 0 Å². The summed E-state index contributed by atoms with van der Waals surface area (Å²) in [6, 6.07) is 6.98. The summed E-state index contributed by atoms with van der Waals surface area (Å²) in [4.78, 5) is 32.2. The lowest BCUT2D eigenvalue weighted by atomic mass is 9.99. The highest BCUT2D eigenvalue weighted by Crippen LogP contribution is 2.30. The maximum absolute atomic E-state index is 13.6. The molecule has 3 aromatic heterocycles. The lowest BCUT2D eigenvalue weighted by Crippen LogP contribution is -2.38. The molecule has 1 saturated heterocycles. The number of rotatable bonds is 6. The van der Waals surface area contributed by atoms with Crippen LogP contribution in [0.15, 0.2) is 41.6 Å². The van der Waals surface area contributed by atoms with Gasteiger partial charge in [-0.3, -0.25) is 14.5 Å². The summed E-state index contributed by atoms with van der Waals surface area (Å²) in [6.45, 7) is 9.52. The highest BCUT2D eigenvalue weighted by molar-refractivity contribution is 7.89. The van der Waals surface area contributed by atoms with Crippen molar-refractivity contribution in [1.29, 1.82) is 0 Å². The Bertz CT molecular complexity index is 1570. The number of carbonyl (C=O) groups excluding carboxylic acids is 2. The average molecular weight is 584 g/mol. The van der Waals surface area contributed by atoms with Crippen molar-refractivity contribution in [2.75, 3.05) is 19.6 Å². The molecular weight excluding hydrogens is 546 g/mol. The number of hydrogen-bond acceptors (Lipinski definition) is 7. The van der Waals surface area contributed by atoms with Gasteiger partial charge in [-0.15, -0.1) is 0 Å². The molecule has 2 aliphatic rings. The molecule has 1 fully saturated rings. The summed E-state index contributed by atoms with van der Waals surface area (Å²) < 4.78 is 37.5. The third-order valence-corrected chi connectivity index (χ3v) is 9.60. The minimum Gasteiger partial charge on any atom is -0.444 e. The summed E-state index contributed by atoms with van der Waals surface area (Å²) in [5, 5.41) is 7.16. The fraction of sp³-hybridized carbons (Fsp3) is 0.500. The Morgan fingerprint density at radius 2 is 1.93 bits per heavy atom. The van der Waals surface area contributed by atoms with E-state index in [-0.39, 0.29) is 41.6 Å². The second kappa shape index (κ2) is 10.9. The van der Waals surface area contributed by atoms with Gasteiger partial charge in [0.1, 0.15) is 16.2 Å². The molecule has 2 aliphatic heterocycles. The molecule has 220 valence electrons. The van der Waals surface area contributed by atoms with Crippen LogP contribution in [0.2, 0.25) is 0 Å². The summed E-state index contributed by atoms with van der Waals surface area (Å²) >= 11 is 0. The van der Waals surface area contributed by atoms with Crippen LogP contribution in [0.4, 0.5) is 4.79 Å². The first-order valence-electron chi connectivity index (χ1n) is 13.7. The van der Waals surface area contributed by atoms with Crippen molar-refractivity contribution >= 4 is 22.0 Å². The molecule has 1 N–H and O–H groups in total. The van der Waals surface area contributed by atoms with Crippen molar-refractivity contribution in [1.82, 2.24) is 33.9 Å². The largest absolute Gasteiger partial charge is 0.444 e. The number of fused-ring (bicyclic) bond motifs is 1. The average Bonchev–Trinajstić information content (AvgIpc) is 3.66. The van der Waals surface area contributed by atoms with Crippen molar-refractivity contribution in [2.24, 2.45) is 7.05 Å². The lowest BCUT2D eigenvalue weighted by molar-refractivity contribution is 0.0292. The fourth-order valence-electron chi connectivity index (χ4n) is 5.37. The number of ether oxygens (including phenoxy) is 1. The number of hydrogen-bond donors (Lipinski definition) is 1. The lowest BCUT2D eigenvalue weighted by Gasteiger charge is -2.26. The van der Waals surface area contributed by atoms with Crippen LogP contribution in [0.3, 0.4) is 0 Å². The summed E-state index contributed by atoms with van der Waals surface area (Å²) in [5.74, 6) is -0.365. The monoisotopic (exact) mass is 583 g/mol. The van der Waals surface area contributed by atoms with E-state index in [2.05, 4.69) is 15.4 Å². The molecule has 12 nitrogen and oxygen atoms in total. The van der Waals surface area contributed by atoms with Crippen LogP contribution < -0.4 is 5.32 Å². The molecule has 0 saturated carbocycles. The van der Waals surface area contributed by atoms with E-state index in [4.69, 9.17) is 4.74 Å². The fourth-order valence-corrected chi connectivity index (χ4v) is 7.04. The van der Waals surface area contributed by atoms with Crippen molar-refractivity contribution in [2.45, 2.75) is 70.2 Å². The van der Waals surface area contributed by atoms with E-state index in [1.165, 1.54) is 10.4 Å². The molecule has 0 aromatic carbocycles. The van der Waals surface area contributed by atoms with Crippen molar-refractivity contribution < 1.29 is 22.7 Å². The van der Waals surface area contributed by atoms with Crippen LogP contribution in [0.1, 0.15) is 66.2 Å². The summed E-state index contributed by atoms with van der Waals surface area (Å²) in [6.07, 6.45) is 3.78. The maximum Gasteiger partial charge on any atom is 0.410 e. The molecule has 5 heterocycles. The minimum absolute atomic E-state index is 0.0190. The second-order valence-electron chi connectivity index (χ2n) is 11.6. The van der Waals surface area contributed by atoms with E-state index in [1.54, 1.807) is 40.5 Å². The predicted molar refractivity (Wildman–Crippen MR) is 151 cm³/mol.